The van der Waals surface area contributed by atoms with Crippen molar-refractivity contribution < 1.29 is 60.0 Å². The fourth-order valence-electron chi connectivity index (χ4n) is 5.32. The largest absolute Gasteiger partial charge is 0.619 e. The Bertz CT molecular complexity index is 1980. The van der Waals surface area contributed by atoms with Crippen LogP contribution >= 0.6 is 23.2 Å². The second-order valence-corrected chi connectivity index (χ2v) is 16.1. The zero-order chi connectivity index (χ0) is 40.7. The zero-order valence-electron chi connectivity index (χ0n) is 30.6. The maximum atomic E-state index is 13.3. The summed E-state index contributed by atoms with van der Waals surface area (Å²) in [6, 6.07) is 7.94. The van der Waals surface area contributed by atoms with Crippen molar-refractivity contribution in [2.45, 2.75) is 71.2 Å². The Morgan fingerprint density at radius 1 is 0.929 bits per heavy atom. The van der Waals surface area contributed by atoms with Crippen molar-refractivity contribution in [3.05, 3.63) is 80.7 Å². The second-order valence-electron chi connectivity index (χ2n) is 14.3. The van der Waals surface area contributed by atoms with Gasteiger partial charge in [-0.15, -0.1) is 0 Å². The summed E-state index contributed by atoms with van der Waals surface area (Å²) in [5, 5.41) is 14.3. The molecule has 5 rings (SSSR count). The van der Waals surface area contributed by atoms with Crippen molar-refractivity contribution >= 4 is 57.6 Å². The standard InChI is InChI=1S/C37H41Cl2F2N3O11S/c1-37(2,3)55-34(46)18-44(56(49)50)28-10-8-24(13-31(28)51-19-21-4-5-21)35(47)42-15-33(45)53-30(14-25-26(38)16-43(48)17-27(25)39)23-9-11-29(54-36(40)41)32(12-23)52-20-22-6-7-22/h8-13,16-17,21-22,30,36,56H,4-7,14-15,18-20H2,1-3H3,(H,42,47). The first-order chi connectivity index (χ1) is 26.4. The van der Waals surface area contributed by atoms with E-state index in [1.54, 1.807) is 20.8 Å². The number of hydrogen-bond donors (Lipinski definition) is 2. The van der Waals surface area contributed by atoms with Crippen LogP contribution in [0.3, 0.4) is 0 Å². The van der Waals surface area contributed by atoms with Crippen molar-refractivity contribution in [1.29, 1.82) is 0 Å². The van der Waals surface area contributed by atoms with E-state index in [9.17, 15) is 36.8 Å². The summed E-state index contributed by atoms with van der Waals surface area (Å²) in [7, 11) is -3.34. The van der Waals surface area contributed by atoms with Crippen LogP contribution in [0.1, 0.15) is 74.0 Å². The van der Waals surface area contributed by atoms with E-state index in [2.05, 4.69) is 10.1 Å². The number of aromatic nitrogens is 1. The number of nitrogens with one attached hydrogen (secondary N) is 1. The molecule has 1 atom stereocenters. The molecule has 56 heavy (non-hydrogen) atoms. The number of thiol groups is 1. The van der Waals surface area contributed by atoms with Crippen LogP contribution in [0.4, 0.5) is 14.5 Å². The van der Waals surface area contributed by atoms with Gasteiger partial charge in [0.15, 0.2) is 23.9 Å². The van der Waals surface area contributed by atoms with Crippen molar-refractivity contribution in [2.24, 2.45) is 11.8 Å². The van der Waals surface area contributed by atoms with E-state index >= 15 is 0 Å². The summed E-state index contributed by atoms with van der Waals surface area (Å²) < 4.78 is 79.6. The summed E-state index contributed by atoms with van der Waals surface area (Å²) in [6.07, 6.45) is 4.47. The molecule has 304 valence electrons. The van der Waals surface area contributed by atoms with Gasteiger partial charge in [-0.2, -0.15) is 13.5 Å². The van der Waals surface area contributed by atoms with Gasteiger partial charge in [-0.3, -0.25) is 18.7 Å². The van der Waals surface area contributed by atoms with Gasteiger partial charge >= 0.3 is 18.6 Å². The smallest absolute Gasteiger partial charge is 0.387 e. The van der Waals surface area contributed by atoms with E-state index in [4.69, 9.17) is 42.1 Å². The van der Waals surface area contributed by atoms with E-state index < -0.39 is 60.1 Å². The molecule has 2 aliphatic rings. The highest BCUT2D eigenvalue weighted by atomic mass is 35.5. The van der Waals surface area contributed by atoms with Gasteiger partial charge in [-0.25, -0.2) is 8.42 Å². The number of nitrogens with zero attached hydrogens (tertiary/aromatic N) is 2. The molecular formula is C37H41Cl2F2N3O11S. The lowest BCUT2D eigenvalue weighted by Gasteiger charge is -2.24. The summed E-state index contributed by atoms with van der Waals surface area (Å²) >= 11 is 12.7. The number of amides is 1. The first-order valence-electron chi connectivity index (χ1n) is 17.6. The number of alkyl halides is 2. The Labute approximate surface area is 333 Å². The number of carbonyl (C=O) groups excluding carboxylic acids is 3. The molecule has 1 aromatic heterocycles. The van der Waals surface area contributed by atoms with Gasteiger partial charge < -0.3 is 34.2 Å². The fraction of sp³-hybridized carbons (Fsp3) is 0.459. The lowest BCUT2D eigenvalue weighted by Crippen LogP contribution is -2.34. The summed E-state index contributed by atoms with van der Waals surface area (Å²) in [4.78, 5) is 39.2. The van der Waals surface area contributed by atoms with Crippen molar-refractivity contribution in [1.82, 2.24) is 5.32 Å². The number of halogens is 4. The minimum absolute atomic E-state index is 0.00285. The molecule has 1 heterocycles. The average molecular weight is 845 g/mol. The summed E-state index contributed by atoms with van der Waals surface area (Å²) in [6.45, 7) is 1.01. The molecule has 0 radical (unpaired) electrons. The predicted octanol–water partition coefficient (Wildman–Crippen LogP) is 5.74. The number of benzene rings is 2. The maximum Gasteiger partial charge on any atom is 0.387 e. The van der Waals surface area contributed by atoms with Gasteiger partial charge in [0.05, 0.1) is 18.9 Å². The topological polar surface area (TPSA) is 174 Å². The van der Waals surface area contributed by atoms with E-state index in [1.165, 1.54) is 36.4 Å². The molecule has 0 bridgehead atoms. The van der Waals surface area contributed by atoms with Crippen molar-refractivity contribution in [3.8, 4) is 17.2 Å². The summed E-state index contributed by atoms with van der Waals surface area (Å²) in [5.41, 5.74) is -0.323. The van der Waals surface area contributed by atoms with E-state index in [0.717, 1.165) is 42.4 Å². The van der Waals surface area contributed by atoms with Crippen molar-refractivity contribution in [3.63, 3.8) is 0 Å². The molecule has 2 aromatic carbocycles. The van der Waals surface area contributed by atoms with Crippen LogP contribution in [0.2, 0.25) is 10.0 Å². The van der Waals surface area contributed by atoms with Crippen LogP contribution in [0.15, 0.2) is 48.8 Å². The van der Waals surface area contributed by atoms with Gasteiger partial charge in [0, 0.05) is 17.5 Å². The first kappa shape index (κ1) is 42.5. The Balaban J connectivity index is 1.35. The normalized spacial score (nSPS) is 14.6. The highest BCUT2D eigenvalue weighted by molar-refractivity contribution is 7.74. The number of pyridine rings is 1. The number of ether oxygens (including phenoxy) is 5. The van der Waals surface area contributed by atoms with Gasteiger partial charge in [-0.05, 0) is 94.2 Å². The van der Waals surface area contributed by atoms with Crippen LogP contribution in [0, 0.1) is 17.0 Å². The Morgan fingerprint density at radius 2 is 1.55 bits per heavy atom. The van der Waals surface area contributed by atoms with Crippen molar-refractivity contribution in [2.75, 3.05) is 30.6 Å². The zero-order valence-corrected chi connectivity index (χ0v) is 33.0. The van der Waals surface area contributed by atoms with Gasteiger partial charge in [0.1, 0.15) is 40.6 Å². The number of esters is 2. The first-order valence-corrected chi connectivity index (χ1v) is 19.5. The van der Waals surface area contributed by atoms with Crippen LogP contribution in [0.25, 0.3) is 0 Å². The molecule has 3 aromatic rings. The molecule has 1 unspecified atom stereocenters. The minimum Gasteiger partial charge on any atom is -0.619 e. The Kier molecular flexibility index (Phi) is 14.1. The molecule has 1 N–H and O–H groups in total. The second kappa shape index (κ2) is 18.6. The molecule has 19 heteroatoms. The molecule has 2 saturated carbocycles. The van der Waals surface area contributed by atoms with Crippen LogP contribution < -0.4 is 28.6 Å². The van der Waals surface area contributed by atoms with E-state index in [0.29, 0.717) is 4.73 Å². The van der Waals surface area contributed by atoms with Gasteiger partial charge in [-0.1, -0.05) is 29.3 Å². The molecule has 14 nitrogen and oxygen atoms in total. The average Bonchev–Trinajstić information content (AvgIpc) is 4.04. The maximum absolute atomic E-state index is 13.3. The third kappa shape index (κ3) is 12.7. The van der Waals surface area contributed by atoms with Crippen LogP contribution in [0.5, 0.6) is 17.2 Å². The Hall–Kier alpha value is -4.61. The third-order valence-electron chi connectivity index (χ3n) is 8.41. The molecule has 0 saturated heterocycles. The van der Waals surface area contributed by atoms with E-state index in [-0.39, 0.29) is 81.1 Å². The lowest BCUT2D eigenvalue weighted by atomic mass is 10.0. The fourth-order valence-corrected chi connectivity index (χ4v) is 6.49. The molecular weight excluding hydrogens is 803 g/mol. The molecule has 0 spiro atoms. The summed E-state index contributed by atoms with van der Waals surface area (Å²) in [5.74, 6) is -2.18. The molecule has 2 fully saturated rings. The number of carbonyl (C=O) groups is 3. The molecule has 1 amide bonds. The lowest BCUT2D eigenvalue weighted by molar-refractivity contribution is -0.605. The number of rotatable bonds is 19. The molecule has 0 aliphatic heterocycles. The third-order valence-corrected chi connectivity index (χ3v) is 9.81. The van der Waals surface area contributed by atoms with Gasteiger partial charge in [0.2, 0.25) is 10.9 Å². The minimum atomic E-state index is -3.34. The van der Waals surface area contributed by atoms with Crippen LogP contribution in [-0.2, 0) is 36.4 Å². The van der Waals surface area contributed by atoms with Gasteiger partial charge in [0.25, 0.3) is 5.91 Å². The SMILES string of the molecule is CC(C)(C)OC(=O)CN(c1ccc(C(=O)NCC(=O)OC(Cc2c(Cl)c[n+]([O-])cc2Cl)c2ccc(OC(F)F)c(OCC3CC3)c2)cc1OCC1CC1)[SH](=O)=O. The number of anilines is 1. The number of hydrogen-bond acceptors (Lipinski definition) is 11. The quantitative estimate of drug-likeness (QED) is 0.0653. The monoisotopic (exact) mass is 843 g/mol. The predicted molar refractivity (Wildman–Crippen MR) is 200 cm³/mol. The Morgan fingerprint density at radius 3 is 2.12 bits per heavy atom. The molecule has 2 aliphatic carbocycles. The van der Waals surface area contributed by atoms with E-state index in [1.807, 2.05) is 0 Å². The highest BCUT2D eigenvalue weighted by Gasteiger charge is 2.29. The highest BCUT2D eigenvalue weighted by Crippen LogP contribution is 2.38. The van der Waals surface area contributed by atoms with Crippen LogP contribution in [-0.4, -0.2) is 64.8 Å².